The molecule has 0 spiro atoms. The zero-order valence-corrected chi connectivity index (χ0v) is 12.8. The van der Waals surface area contributed by atoms with E-state index in [1.54, 1.807) is 0 Å². The highest BCUT2D eigenvalue weighted by Crippen LogP contribution is 2.35. The van der Waals surface area contributed by atoms with Crippen molar-refractivity contribution < 1.29 is 0 Å². The third kappa shape index (κ3) is 3.37. The van der Waals surface area contributed by atoms with E-state index in [-0.39, 0.29) is 0 Å². The van der Waals surface area contributed by atoms with Crippen LogP contribution in [0.25, 0.3) is 0 Å². The summed E-state index contributed by atoms with van der Waals surface area (Å²) in [5.41, 5.74) is 1.51. The molecule has 1 N–H and O–H groups in total. The summed E-state index contributed by atoms with van der Waals surface area (Å²) in [4.78, 5) is 2.54. The molecular formula is C17H28N2. The van der Waals surface area contributed by atoms with Crippen LogP contribution in [0.2, 0.25) is 0 Å². The van der Waals surface area contributed by atoms with Gasteiger partial charge in [0.25, 0.3) is 0 Å². The highest BCUT2D eigenvalue weighted by Gasteiger charge is 2.33. The average molecular weight is 260 g/mol. The van der Waals surface area contributed by atoms with Crippen molar-refractivity contribution in [2.75, 3.05) is 14.1 Å². The first kappa shape index (κ1) is 14.5. The molecule has 1 fully saturated rings. The minimum atomic E-state index is 0.607. The highest BCUT2D eigenvalue weighted by atomic mass is 15.2. The lowest BCUT2D eigenvalue weighted by molar-refractivity contribution is 0.115. The highest BCUT2D eigenvalue weighted by molar-refractivity contribution is 5.21. The van der Waals surface area contributed by atoms with Crippen molar-refractivity contribution in [2.45, 2.75) is 57.2 Å². The molecule has 1 saturated carbocycles. The molecule has 2 heteroatoms. The van der Waals surface area contributed by atoms with Gasteiger partial charge >= 0.3 is 0 Å². The van der Waals surface area contributed by atoms with Crippen LogP contribution >= 0.6 is 0 Å². The largest absolute Gasteiger partial charge is 0.315 e. The van der Waals surface area contributed by atoms with Crippen molar-refractivity contribution in [2.24, 2.45) is 0 Å². The minimum Gasteiger partial charge on any atom is -0.315 e. The Morgan fingerprint density at radius 2 is 1.84 bits per heavy atom. The molecule has 1 aromatic carbocycles. The van der Waals surface area contributed by atoms with Gasteiger partial charge in [0.15, 0.2) is 0 Å². The van der Waals surface area contributed by atoms with Crippen molar-refractivity contribution in [3.05, 3.63) is 35.9 Å². The molecule has 0 saturated heterocycles. The zero-order chi connectivity index (χ0) is 13.8. The quantitative estimate of drug-likeness (QED) is 0.894. The van der Waals surface area contributed by atoms with Gasteiger partial charge in [0, 0.05) is 18.1 Å². The smallest absolute Gasteiger partial charge is 0.0254 e. The van der Waals surface area contributed by atoms with Crippen LogP contribution in [-0.4, -0.2) is 37.1 Å². The van der Waals surface area contributed by atoms with E-state index in [1.165, 1.54) is 24.8 Å². The van der Waals surface area contributed by atoms with Gasteiger partial charge < -0.3 is 5.32 Å². The number of hydrogen-bond donors (Lipinski definition) is 1. The lowest BCUT2D eigenvalue weighted by Gasteiger charge is -2.43. The summed E-state index contributed by atoms with van der Waals surface area (Å²) in [6.45, 7) is 4.58. The number of rotatable bonds is 4. The molecule has 2 nitrogen and oxygen atoms in total. The SMILES string of the molecule is CNC1CCC(c2ccccc2)CC1N(C)C(C)C. The Morgan fingerprint density at radius 3 is 2.42 bits per heavy atom. The fourth-order valence-electron chi connectivity index (χ4n) is 3.34. The molecule has 3 unspecified atom stereocenters. The molecule has 0 bridgehead atoms. The summed E-state index contributed by atoms with van der Waals surface area (Å²) in [6.07, 6.45) is 3.85. The van der Waals surface area contributed by atoms with Crippen molar-refractivity contribution >= 4 is 0 Å². The predicted octanol–water partition coefficient (Wildman–Crippen LogP) is 3.25. The lowest BCUT2D eigenvalue weighted by Crippen LogP contribution is -2.52. The van der Waals surface area contributed by atoms with Gasteiger partial charge in [-0.25, -0.2) is 0 Å². The normalized spacial score (nSPS) is 28.0. The average Bonchev–Trinajstić information content (AvgIpc) is 2.46. The van der Waals surface area contributed by atoms with Crippen molar-refractivity contribution in [3.63, 3.8) is 0 Å². The van der Waals surface area contributed by atoms with E-state index in [0.29, 0.717) is 18.1 Å². The third-order valence-electron chi connectivity index (χ3n) is 4.80. The summed E-state index contributed by atoms with van der Waals surface area (Å²) < 4.78 is 0. The Labute approximate surface area is 118 Å². The Kier molecular flexibility index (Phi) is 5.00. The minimum absolute atomic E-state index is 0.607. The Hall–Kier alpha value is -0.860. The van der Waals surface area contributed by atoms with Crippen LogP contribution in [-0.2, 0) is 0 Å². The first-order valence-corrected chi connectivity index (χ1v) is 7.57. The van der Waals surface area contributed by atoms with Gasteiger partial charge in [-0.15, -0.1) is 0 Å². The summed E-state index contributed by atoms with van der Waals surface area (Å²) >= 11 is 0. The fourth-order valence-corrected chi connectivity index (χ4v) is 3.34. The van der Waals surface area contributed by atoms with Gasteiger partial charge in [-0.05, 0) is 58.7 Å². The van der Waals surface area contributed by atoms with Crippen LogP contribution in [0.3, 0.4) is 0 Å². The molecule has 1 aromatic rings. The molecular weight excluding hydrogens is 232 g/mol. The van der Waals surface area contributed by atoms with E-state index in [4.69, 9.17) is 0 Å². The molecule has 3 atom stereocenters. The van der Waals surface area contributed by atoms with E-state index in [9.17, 15) is 0 Å². The maximum absolute atomic E-state index is 3.52. The van der Waals surface area contributed by atoms with E-state index >= 15 is 0 Å². The van der Waals surface area contributed by atoms with Gasteiger partial charge in [0.05, 0.1) is 0 Å². The maximum Gasteiger partial charge on any atom is 0.0254 e. The first-order chi connectivity index (χ1) is 9.13. The van der Waals surface area contributed by atoms with E-state index in [2.05, 4.69) is 68.5 Å². The van der Waals surface area contributed by atoms with Crippen molar-refractivity contribution in [3.8, 4) is 0 Å². The van der Waals surface area contributed by atoms with Crippen LogP contribution in [0.5, 0.6) is 0 Å². The maximum atomic E-state index is 3.52. The molecule has 1 aliphatic rings. The fraction of sp³-hybridized carbons (Fsp3) is 0.647. The summed E-state index contributed by atoms with van der Waals surface area (Å²) in [6, 6.07) is 12.9. The molecule has 106 valence electrons. The van der Waals surface area contributed by atoms with Crippen LogP contribution in [0, 0.1) is 0 Å². The van der Waals surface area contributed by atoms with Gasteiger partial charge in [0.2, 0.25) is 0 Å². The molecule has 0 radical (unpaired) electrons. The zero-order valence-electron chi connectivity index (χ0n) is 12.8. The Balaban J connectivity index is 2.11. The molecule has 0 aromatic heterocycles. The number of nitrogens with zero attached hydrogens (tertiary/aromatic N) is 1. The number of nitrogens with one attached hydrogen (secondary N) is 1. The first-order valence-electron chi connectivity index (χ1n) is 7.57. The molecule has 1 aliphatic carbocycles. The topological polar surface area (TPSA) is 15.3 Å². The molecule has 0 aliphatic heterocycles. The second-order valence-electron chi connectivity index (χ2n) is 6.14. The van der Waals surface area contributed by atoms with Crippen LogP contribution in [0.4, 0.5) is 0 Å². The second-order valence-corrected chi connectivity index (χ2v) is 6.14. The van der Waals surface area contributed by atoms with E-state index in [0.717, 1.165) is 5.92 Å². The molecule has 0 heterocycles. The van der Waals surface area contributed by atoms with Gasteiger partial charge in [-0.1, -0.05) is 30.3 Å². The van der Waals surface area contributed by atoms with Crippen LogP contribution in [0.1, 0.15) is 44.6 Å². The monoisotopic (exact) mass is 260 g/mol. The lowest BCUT2D eigenvalue weighted by atomic mass is 9.78. The van der Waals surface area contributed by atoms with Gasteiger partial charge in [0.1, 0.15) is 0 Å². The molecule has 19 heavy (non-hydrogen) atoms. The standard InChI is InChI=1S/C17H28N2/c1-13(2)19(4)17-12-15(10-11-16(17)18-3)14-8-6-5-7-9-14/h5-9,13,15-18H,10-12H2,1-4H3. The summed E-state index contributed by atoms with van der Waals surface area (Å²) in [7, 11) is 4.38. The summed E-state index contributed by atoms with van der Waals surface area (Å²) in [5.74, 6) is 0.719. The Morgan fingerprint density at radius 1 is 1.16 bits per heavy atom. The van der Waals surface area contributed by atoms with Crippen LogP contribution in [0.15, 0.2) is 30.3 Å². The molecule has 2 rings (SSSR count). The Bertz CT molecular complexity index is 372. The summed E-state index contributed by atoms with van der Waals surface area (Å²) in [5, 5.41) is 3.52. The number of likely N-dealkylation sites (N-methyl/N-ethyl adjacent to an activating group) is 2. The molecule has 0 amide bonds. The van der Waals surface area contributed by atoms with Crippen molar-refractivity contribution in [1.82, 2.24) is 10.2 Å². The number of benzene rings is 1. The predicted molar refractivity (Wildman–Crippen MR) is 82.6 cm³/mol. The van der Waals surface area contributed by atoms with Crippen molar-refractivity contribution in [1.29, 1.82) is 0 Å². The van der Waals surface area contributed by atoms with Gasteiger partial charge in [-0.2, -0.15) is 0 Å². The van der Waals surface area contributed by atoms with E-state index < -0.39 is 0 Å². The van der Waals surface area contributed by atoms with Gasteiger partial charge in [-0.3, -0.25) is 4.90 Å². The third-order valence-corrected chi connectivity index (χ3v) is 4.80. The number of hydrogen-bond acceptors (Lipinski definition) is 2. The van der Waals surface area contributed by atoms with Crippen LogP contribution < -0.4 is 5.32 Å². The van der Waals surface area contributed by atoms with E-state index in [1.807, 2.05) is 0 Å². The second kappa shape index (κ2) is 6.53.